The van der Waals surface area contributed by atoms with Gasteiger partial charge in [-0.3, -0.25) is 9.59 Å². The highest BCUT2D eigenvalue weighted by Crippen LogP contribution is 2.23. The zero-order chi connectivity index (χ0) is 21.5. The van der Waals surface area contributed by atoms with Crippen LogP contribution in [0.3, 0.4) is 0 Å². The molecule has 1 atom stereocenters. The van der Waals surface area contributed by atoms with Crippen LogP contribution in [0.5, 0.6) is 5.75 Å². The molecule has 0 saturated carbocycles. The Hall–Kier alpha value is -3.34. The van der Waals surface area contributed by atoms with Crippen LogP contribution in [0.4, 0.5) is 5.69 Å². The molecule has 0 spiro atoms. The summed E-state index contributed by atoms with van der Waals surface area (Å²) in [5, 5.41) is 7.92. The Morgan fingerprint density at radius 2 is 1.63 bits per heavy atom. The van der Waals surface area contributed by atoms with Gasteiger partial charge in [0.05, 0.1) is 11.3 Å². The molecule has 3 aromatic carbocycles. The molecule has 5 heteroatoms. The van der Waals surface area contributed by atoms with Crippen molar-refractivity contribution < 1.29 is 14.3 Å². The van der Waals surface area contributed by atoms with Gasteiger partial charge in [-0.05, 0) is 47.4 Å². The number of rotatable bonds is 8. The van der Waals surface area contributed by atoms with Gasteiger partial charge in [0.25, 0.3) is 11.8 Å². The Morgan fingerprint density at radius 1 is 0.933 bits per heavy atom. The first-order valence-electron chi connectivity index (χ1n) is 10.3. The van der Waals surface area contributed by atoms with Crippen LogP contribution in [0, 0.1) is 5.92 Å². The highest BCUT2D eigenvalue weighted by molar-refractivity contribution is 6.04. The minimum atomic E-state index is -0.669. The van der Waals surface area contributed by atoms with Crippen molar-refractivity contribution >= 4 is 28.3 Å². The zero-order valence-electron chi connectivity index (χ0n) is 17.6. The predicted molar refractivity (Wildman–Crippen MR) is 121 cm³/mol. The van der Waals surface area contributed by atoms with Crippen molar-refractivity contribution in [3.05, 3.63) is 72.3 Å². The second-order valence-electron chi connectivity index (χ2n) is 7.66. The molecule has 0 aliphatic carbocycles. The molecule has 5 nitrogen and oxygen atoms in total. The summed E-state index contributed by atoms with van der Waals surface area (Å²) in [5.41, 5.74) is 0.913. The second kappa shape index (κ2) is 9.92. The van der Waals surface area contributed by atoms with Crippen LogP contribution in [0.15, 0.2) is 66.7 Å². The fourth-order valence-electron chi connectivity index (χ4n) is 3.12. The van der Waals surface area contributed by atoms with Gasteiger partial charge in [0.2, 0.25) is 0 Å². The molecule has 0 aromatic heterocycles. The molecule has 2 amide bonds. The molecule has 0 fully saturated rings. The molecule has 0 saturated heterocycles. The van der Waals surface area contributed by atoms with Crippen LogP contribution in [0.2, 0.25) is 0 Å². The lowest BCUT2D eigenvalue weighted by molar-refractivity contribution is -0.122. The fourth-order valence-corrected chi connectivity index (χ4v) is 3.12. The van der Waals surface area contributed by atoms with E-state index in [4.69, 9.17) is 4.74 Å². The van der Waals surface area contributed by atoms with Gasteiger partial charge in [-0.15, -0.1) is 0 Å². The monoisotopic (exact) mass is 404 g/mol. The number of fused-ring (bicyclic) bond motifs is 1. The van der Waals surface area contributed by atoms with E-state index in [2.05, 4.69) is 10.6 Å². The van der Waals surface area contributed by atoms with Crippen molar-refractivity contribution in [2.24, 2.45) is 5.92 Å². The Kier molecular flexibility index (Phi) is 7.07. The van der Waals surface area contributed by atoms with Crippen LogP contribution >= 0.6 is 0 Å². The fraction of sp³-hybridized carbons (Fsp3) is 0.280. The summed E-state index contributed by atoms with van der Waals surface area (Å²) in [6, 6.07) is 20.8. The second-order valence-corrected chi connectivity index (χ2v) is 7.66. The zero-order valence-corrected chi connectivity index (χ0v) is 17.6. The maximum atomic E-state index is 12.9. The predicted octanol–water partition coefficient (Wildman–Crippen LogP) is 5.02. The van der Waals surface area contributed by atoms with E-state index in [0.717, 1.165) is 10.8 Å². The molecule has 156 valence electrons. The summed E-state index contributed by atoms with van der Waals surface area (Å²) in [5.74, 6) is 0.493. The number of anilines is 1. The molecule has 0 aliphatic rings. The van der Waals surface area contributed by atoms with Gasteiger partial charge in [0.1, 0.15) is 5.75 Å². The van der Waals surface area contributed by atoms with Crippen LogP contribution in [-0.4, -0.2) is 24.5 Å². The van der Waals surface area contributed by atoms with Gasteiger partial charge in [0.15, 0.2) is 6.10 Å². The quantitative estimate of drug-likeness (QED) is 0.554. The highest BCUT2D eigenvalue weighted by atomic mass is 16.5. The lowest BCUT2D eigenvalue weighted by Crippen LogP contribution is -2.34. The van der Waals surface area contributed by atoms with Crippen LogP contribution in [0.1, 0.15) is 37.6 Å². The van der Waals surface area contributed by atoms with E-state index in [-0.39, 0.29) is 11.8 Å². The average molecular weight is 405 g/mol. The summed E-state index contributed by atoms with van der Waals surface area (Å²) < 4.78 is 5.97. The molecule has 3 rings (SSSR count). The van der Waals surface area contributed by atoms with Crippen molar-refractivity contribution in [2.75, 3.05) is 11.9 Å². The molecule has 0 aliphatic heterocycles. The average Bonchev–Trinajstić information content (AvgIpc) is 2.76. The van der Waals surface area contributed by atoms with E-state index < -0.39 is 6.10 Å². The van der Waals surface area contributed by atoms with Crippen molar-refractivity contribution in [1.29, 1.82) is 0 Å². The Balaban J connectivity index is 1.72. The SMILES string of the molecule is CC[C@@H](Oc1ccc2ccccc2c1)C(=O)Nc1ccccc1C(=O)NCC(C)C. The maximum absolute atomic E-state index is 12.9. The largest absolute Gasteiger partial charge is 0.481 e. The lowest BCUT2D eigenvalue weighted by atomic mass is 10.1. The number of hydrogen-bond donors (Lipinski definition) is 2. The lowest BCUT2D eigenvalue weighted by Gasteiger charge is -2.19. The molecule has 3 aromatic rings. The van der Waals surface area contributed by atoms with Crippen LogP contribution < -0.4 is 15.4 Å². The summed E-state index contributed by atoms with van der Waals surface area (Å²) in [4.78, 5) is 25.4. The molecule has 30 heavy (non-hydrogen) atoms. The van der Waals surface area contributed by atoms with Crippen molar-refractivity contribution in [3.8, 4) is 5.75 Å². The number of para-hydroxylation sites is 1. The van der Waals surface area contributed by atoms with Gasteiger partial charge in [-0.25, -0.2) is 0 Å². The highest BCUT2D eigenvalue weighted by Gasteiger charge is 2.21. The molecule has 0 heterocycles. The third kappa shape index (κ3) is 5.38. The minimum absolute atomic E-state index is 0.205. The number of hydrogen-bond acceptors (Lipinski definition) is 3. The van der Waals surface area contributed by atoms with Gasteiger partial charge in [-0.1, -0.05) is 63.2 Å². The number of carbonyl (C=O) groups is 2. The third-order valence-corrected chi connectivity index (χ3v) is 4.76. The normalized spacial score (nSPS) is 11.9. The maximum Gasteiger partial charge on any atom is 0.265 e. The first-order chi connectivity index (χ1) is 14.5. The van der Waals surface area contributed by atoms with E-state index in [1.54, 1.807) is 24.3 Å². The van der Waals surface area contributed by atoms with Gasteiger partial charge < -0.3 is 15.4 Å². The minimum Gasteiger partial charge on any atom is -0.481 e. The van der Waals surface area contributed by atoms with Crippen molar-refractivity contribution in [3.63, 3.8) is 0 Å². The van der Waals surface area contributed by atoms with E-state index in [1.807, 2.05) is 63.2 Å². The van der Waals surface area contributed by atoms with E-state index in [1.165, 1.54) is 0 Å². The Bertz CT molecular complexity index is 1030. The molecule has 0 radical (unpaired) electrons. The Labute approximate surface area is 177 Å². The van der Waals surface area contributed by atoms with Crippen LogP contribution in [-0.2, 0) is 4.79 Å². The topological polar surface area (TPSA) is 67.4 Å². The van der Waals surface area contributed by atoms with E-state index >= 15 is 0 Å². The summed E-state index contributed by atoms with van der Waals surface area (Å²) in [6.07, 6.45) is -0.168. The van der Waals surface area contributed by atoms with E-state index in [9.17, 15) is 9.59 Å². The van der Waals surface area contributed by atoms with Crippen LogP contribution in [0.25, 0.3) is 10.8 Å². The van der Waals surface area contributed by atoms with Gasteiger partial charge >= 0.3 is 0 Å². The standard InChI is InChI=1S/C25H28N2O3/c1-4-23(30-20-14-13-18-9-5-6-10-19(18)15-20)25(29)27-22-12-8-7-11-21(22)24(28)26-16-17(2)3/h5-15,17,23H,4,16H2,1-3H3,(H,26,28)(H,27,29)/t23-/m1/s1. The first-order valence-corrected chi connectivity index (χ1v) is 10.3. The van der Waals surface area contributed by atoms with Gasteiger partial charge in [0, 0.05) is 6.54 Å². The Morgan fingerprint density at radius 3 is 2.37 bits per heavy atom. The van der Waals surface area contributed by atoms with E-state index in [0.29, 0.717) is 35.9 Å². The number of benzene rings is 3. The number of nitrogens with one attached hydrogen (secondary N) is 2. The first kappa shape index (κ1) is 21.4. The number of carbonyl (C=O) groups excluding carboxylic acids is 2. The molecule has 0 unspecified atom stereocenters. The molecular weight excluding hydrogens is 376 g/mol. The number of amides is 2. The molecule has 0 bridgehead atoms. The van der Waals surface area contributed by atoms with Gasteiger partial charge in [-0.2, -0.15) is 0 Å². The van der Waals surface area contributed by atoms with Crippen molar-refractivity contribution in [1.82, 2.24) is 5.32 Å². The summed E-state index contributed by atoms with van der Waals surface area (Å²) >= 11 is 0. The summed E-state index contributed by atoms with van der Waals surface area (Å²) in [6.45, 7) is 6.53. The van der Waals surface area contributed by atoms with Crippen molar-refractivity contribution in [2.45, 2.75) is 33.3 Å². The number of ether oxygens (including phenoxy) is 1. The smallest absolute Gasteiger partial charge is 0.265 e. The third-order valence-electron chi connectivity index (χ3n) is 4.76. The molecular formula is C25H28N2O3. The summed E-state index contributed by atoms with van der Waals surface area (Å²) in [7, 11) is 0. The molecule has 2 N–H and O–H groups in total.